The van der Waals surface area contributed by atoms with Crippen LogP contribution in [0.25, 0.3) is 17.2 Å². The zero-order valence-corrected chi connectivity index (χ0v) is 12.6. The fraction of sp³-hybridized carbons (Fsp3) is 0.111. The molecule has 0 aliphatic rings. The molecule has 3 rings (SSSR count). The molecule has 0 saturated carbocycles. The Morgan fingerprint density at radius 2 is 2.19 bits per heavy atom. The van der Waals surface area contributed by atoms with E-state index in [1.807, 2.05) is 0 Å². The Morgan fingerprint density at radius 3 is 2.81 bits per heavy atom. The maximum absolute atomic E-state index is 11.4. The van der Waals surface area contributed by atoms with Gasteiger partial charge in [0.05, 0.1) is 5.69 Å². The van der Waals surface area contributed by atoms with Gasteiger partial charge in [0.2, 0.25) is 5.82 Å². The standard InChI is InChI=1S/C9H8BrN6O4P/c10-4-1-2-16-5(3-4)11-6(8-12-14-15-13-8)7(16)9(17)21(18,19)20/h1-3,9,17H,(H2,18,19,20)(H,12,13,14,15). The number of aliphatic hydroxyl groups is 1. The Balaban J connectivity index is 2.33. The van der Waals surface area contributed by atoms with Gasteiger partial charge >= 0.3 is 7.60 Å². The Hall–Kier alpha value is -1.65. The minimum absolute atomic E-state index is 0.0253. The van der Waals surface area contributed by atoms with E-state index in [1.165, 1.54) is 10.6 Å². The van der Waals surface area contributed by atoms with E-state index in [0.29, 0.717) is 5.65 Å². The van der Waals surface area contributed by atoms with E-state index in [1.54, 1.807) is 12.1 Å². The number of hydrogen-bond donors (Lipinski definition) is 4. The summed E-state index contributed by atoms with van der Waals surface area (Å²) in [5.74, 6) is -2.03. The van der Waals surface area contributed by atoms with Gasteiger partial charge in [-0.2, -0.15) is 5.21 Å². The number of fused-ring (bicyclic) bond motifs is 1. The summed E-state index contributed by atoms with van der Waals surface area (Å²) < 4.78 is 13.5. The molecule has 110 valence electrons. The van der Waals surface area contributed by atoms with Crippen molar-refractivity contribution in [1.82, 2.24) is 30.0 Å². The number of aliphatic hydroxyl groups excluding tert-OH is 1. The molecule has 0 bridgehead atoms. The monoisotopic (exact) mass is 374 g/mol. The van der Waals surface area contributed by atoms with Crippen LogP contribution in [0.4, 0.5) is 0 Å². The van der Waals surface area contributed by atoms with Gasteiger partial charge in [0.25, 0.3) is 0 Å². The number of rotatable bonds is 3. The minimum atomic E-state index is -4.79. The molecule has 1 atom stereocenters. The molecule has 0 radical (unpaired) electrons. The van der Waals surface area contributed by atoms with Crippen LogP contribution in [0, 0.1) is 0 Å². The highest BCUT2D eigenvalue weighted by Gasteiger charge is 2.35. The second-order valence-corrected chi connectivity index (χ2v) is 6.70. The van der Waals surface area contributed by atoms with Gasteiger partial charge in [-0.15, -0.1) is 10.2 Å². The number of halogens is 1. The molecule has 0 saturated heterocycles. The van der Waals surface area contributed by atoms with Crippen LogP contribution in [0.1, 0.15) is 11.5 Å². The molecular formula is C9H8BrN6O4P. The van der Waals surface area contributed by atoms with E-state index in [4.69, 9.17) is 0 Å². The molecule has 0 aliphatic carbocycles. The van der Waals surface area contributed by atoms with Crippen molar-refractivity contribution in [2.24, 2.45) is 0 Å². The van der Waals surface area contributed by atoms with Crippen LogP contribution in [-0.4, -0.2) is 44.9 Å². The van der Waals surface area contributed by atoms with Crippen LogP contribution in [0.5, 0.6) is 0 Å². The first-order valence-corrected chi connectivity index (χ1v) is 8.00. The molecule has 4 N–H and O–H groups in total. The van der Waals surface area contributed by atoms with E-state index in [2.05, 4.69) is 41.5 Å². The van der Waals surface area contributed by atoms with Crippen LogP contribution >= 0.6 is 23.5 Å². The van der Waals surface area contributed by atoms with E-state index in [0.717, 1.165) is 4.47 Å². The first-order chi connectivity index (χ1) is 9.88. The van der Waals surface area contributed by atoms with Crippen LogP contribution in [-0.2, 0) is 4.57 Å². The van der Waals surface area contributed by atoms with Gasteiger partial charge in [-0.05, 0) is 17.3 Å². The van der Waals surface area contributed by atoms with Gasteiger partial charge in [-0.3, -0.25) is 8.97 Å². The highest BCUT2D eigenvalue weighted by molar-refractivity contribution is 9.10. The van der Waals surface area contributed by atoms with E-state index in [9.17, 15) is 19.5 Å². The van der Waals surface area contributed by atoms with Gasteiger partial charge in [-0.1, -0.05) is 15.9 Å². The normalized spacial score (nSPS) is 13.7. The summed E-state index contributed by atoms with van der Waals surface area (Å²) in [5, 5.41) is 23.0. The van der Waals surface area contributed by atoms with Crippen molar-refractivity contribution in [3.8, 4) is 11.5 Å². The third-order valence-electron chi connectivity index (χ3n) is 2.75. The van der Waals surface area contributed by atoms with Crippen LogP contribution in [0.2, 0.25) is 0 Å². The lowest BCUT2D eigenvalue weighted by Crippen LogP contribution is -2.04. The zero-order valence-electron chi connectivity index (χ0n) is 10.1. The third kappa shape index (κ3) is 2.49. The molecule has 21 heavy (non-hydrogen) atoms. The predicted molar refractivity (Wildman–Crippen MR) is 73.1 cm³/mol. The molecule has 10 nitrogen and oxygen atoms in total. The Morgan fingerprint density at radius 1 is 1.43 bits per heavy atom. The SMILES string of the molecule is O=P(O)(O)C(O)c1c(-c2nn[nH]n2)nc2cc(Br)ccn12. The number of pyridine rings is 1. The summed E-state index contributed by atoms with van der Waals surface area (Å²) in [6, 6.07) is 3.27. The summed E-state index contributed by atoms with van der Waals surface area (Å²) >= 11 is 3.27. The molecular weight excluding hydrogens is 367 g/mol. The number of nitrogens with zero attached hydrogens (tertiary/aromatic N) is 5. The van der Waals surface area contributed by atoms with Crippen LogP contribution < -0.4 is 0 Å². The molecule has 3 aromatic rings. The second-order valence-electron chi connectivity index (χ2n) is 4.12. The summed E-state index contributed by atoms with van der Waals surface area (Å²) in [6.07, 6.45) is 1.52. The molecule has 1 unspecified atom stereocenters. The summed E-state index contributed by atoms with van der Waals surface area (Å²) in [5.41, 5.74) is 0.302. The quantitative estimate of drug-likeness (QED) is 0.482. The lowest BCUT2D eigenvalue weighted by atomic mass is 10.3. The Bertz CT molecular complexity index is 843. The van der Waals surface area contributed by atoms with Crippen LogP contribution in [0.15, 0.2) is 22.8 Å². The predicted octanol–water partition coefficient (Wildman–Crippen LogP) is 0.445. The first kappa shape index (κ1) is 14.3. The highest BCUT2D eigenvalue weighted by Crippen LogP contribution is 2.51. The molecule has 0 fully saturated rings. The third-order valence-corrected chi connectivity index (χ3v) is 4.12. The molecule has 0 spiro atoms. The van der Waals surface area contributed by atoms with E-state index < -0.39 is 13.4 Å². The maximum Gasteiger partial charge on any atom is 0.359 e. The number of nitrogens with one attached hydrogen (secondary N) is 1. The van der Waals surface area contributed by atoms with Crippen molar-refractivity contribution >= 4 is 29.2 Å². The number of aromatic amines is 1. The molecule has 0 amide bonds. The molecule has 3 aromatic heterocycles. The topological polar surface area (TPSA) is 150 Å². The number of H-pyrrole nitrogens is 1. The number of hydrogen-bond acceptors (Lipinski definition) is 6. The fourth-order valence-electron chi connectivity index (χ4n) is 1.87. The van der Waals surface area contributed by atoms with Gasteiger partial charge in [-0.25, -0.2) is 4.98 Å². The van der Waals surface area contributed by atoms with Crippen molar-refractivity contribution < 1.29 is 19.5 Å². The number of imidazole rings is 1. The molecule has 0 aromatic carbocycles. The van der Waals surface area contributed by atoms with E-state index in [-0.39, 0.29) is 17.2 Å². The Labute approximate surface area is 125 Å². The number of tetrazole rings is 1. The minimum Gasteiger partial charge on any atom is -0.375 e. The molecule has 12 heteroatoms. The highest BCUT2D eigenvalue weighted by atomic mass is 79.9. The molecule has 3 heterocycles. The van der Waals surface area contributed by atoms with Crippen molar-refractivity contribution in [3.05, 3.63) is 28.5 Å². The van der Waals surface area contributed by atoms with Gasteiger partial charge in [0, 0.05) is 10.7 Å². The molecule has 0 aliphatic heterocycles. The largest absolute Gasteiger partial charge is 0.375 e. The van der Waals surface area contributed by atoms with E-state index >= 15 is 0 Å². The average Bonchev–Trinajstić information content (AvgIpc) is 3.02. The Kier molecular flexibility index (Phi) is 3.38. The van der Waals surface area contributed by atoms with Crippen molar-refractivity contribution in [3.63, 3.8) is 0 Å². The zero-order chi connectivity index (χ0) is 15.2. The lowest BCUT2D eigenvalue weighted by molar-refractivity contribution is 0.201. The summed E-state index contributed by atoms with van der Waals surface area (Å²) in [6.45, 7) is 0. The number of aromatic nitrogens is 6. The maximum atomic E-state index is 11.4. The van der Waals surface area contributed by atoms with Gasteiger partial charge in [0.1, 0.15) is 11.3 Å². The smallest absolute Gasteiger partial charge is 0.359 e. The fourth-order valence-corrected chi connectivity index (χ4v) is 2.76. The van der Waals surface area contributed by atoms with Gasteiger partial charge < -0.3 is 14.9 Å². The second kappa shape index (κ2) is 4.97. The average molecular weight is 375 g/mol. The van der Waals surface area contributed by atoms with Crippen LogP contribution in [0.3, 0.4) is 0 Å². The summed E-state index contributed by atoms with van der Waals surface area (Å²) in [4.78, 5) is 22.7. The first-order valence-electron chi connectivity index (χ1n) is 5.52. The summed E-state index contributed by atoms with van der Waals surface area (Å²) in [7, 11) is -4.79. The van der Waals surface area contributed by atoms with Crippen molar-refractivity contribution in [1.29, 1.82) is 0 Å². The van der Waals surface area contributed by atoms with Crippen molar-refractivity contribution in [2.75, 3.05) is 0 Å². The van der Waals surface area contributed by atoms with Crippen molar-refractivity contribution in [2.45, 2.75) is 5.85 Å². The van der Waals surface area contributed by atoms with Gasteiger partial charge in [0.15, 0.2) is 5.85 Å². The lowest BCUT2D eigenvalue weighted by Gasteiger charge is -2.13.